The van der Waals surface area contributed by atoms with Crippen LogP contribution in [0.1, 0.15) is 17.3 Å². The molecule has 3 aromatic rings. The molecule has 1 amide bonds. The second-order valence-electron chi connectivity index (χ2n) is 5.13. The number of aromatic nitrogens is 1. The summed E-state index contributed by atoms with van der Waals surface area (Å²) in [4.78, 5) is 16.8. The molecule has 0 fully saturated rings. The Morgan fingerprint density at radius 1 is 1.12 bits per heavy atom. The van der Waals surface area contributed by atoms with E-state index >= 15 is 0 Å². The van der Waals surface area contributed by atoms with Crippen LogP contribution in [0.4, 0.5) is 5.69 Å². The van der Waals surface area contributed by atoms with Gasteiger partial charge in [0.15, 0.2) is 0 Å². The minimum atomic E-state index is -0.188. The molecule has 5 heteroatoms. The first-order valence-corrected chi connectivity index (χ1v) is 7.69. The van der Waals surface area contributed by atoms with E-state index in [0.717, 1.165) is 10.9 Å². The van der Waals surface area contributed by atoms with Gasteiger partial charge in [-0.1, -0.05) is 0 Å². The normalized spacial score (nSPS) is 10.4. The highest BCUT2D eigenvalue weighted by atomic mass is 16.5. The van der Waals surface area contributed by atoms with Crippen LogP contribution < -0.4 is 14.8 Å². The van der Waals surface area contributed by atoms with E-state index in [2.05, 4.69) is 10.3 Å². The maximum atomic E-state index is 12.5. The SMILES string of the molecule is CCOc1ccc(NC(=O)c2ccc(OC)cc2)c2cccnc12. The van der Waals surface area contributed by atoms with Gasteiger partial charge in [-0.2, -0.15) is 0 Å². The number of benzene rings is 2. The molecular formula is C19H18N2O3. The van der Waals surface area contributed by atoms with Gasteiger partial charge in [0.05, 0.1) is 19.4 Å². The summed E-state index contributed by atoms with van der Waals surface area (Å²) in [5.41, 5.74) is 1.98. The minimum Gasteiger partial charge on any atom is -0.497 e. The van der Waals surface area contributed by atoms with Crippen molar-refractivity contribution in [1.29, 1.82) is 0 Å². The number of methoxy groups -OCH3 is 1. The lowest BCUT2D eigenvalue weighted by atomic mass is 10.1. The van der Waals surface area contributed by atoms with Crippen molar-refractivity contribution in [2.45, 2.75) is 6.92 Å². The fraction of sp³-hybridized carbons (Fsp3) is 0.158. The van der Waals surface area contributed by atoms with Crippen molar-refractivity contribution >= 4 is 22.5 Å². The molecule has 1 aromatic heterocycles. The Balaban J connectivity index is 1.92. The Morgan fingerprint density at radius 2 is 1.92 bits per heavy atom. The molecule has 0 radical (unpaired) electrons. The van der Waals surface area contributed by atoms with Crippen LogP contribution in [0.25, 0.3) is 10.9 Å². The maximum absolute atomic E-state index is 12.5. The molecule has 122 valence electrons. The molecule has 3 rings (SSSR count). The summed E-state index contributed by atoms with van der Waals surface area (Å²) in [6.45, 7) is 2.48. The van der Waals surface area contributed by atoms with Crippen LogP contribution in [-0.4, -0.2) is 24.6 Å². The van der Waals surface area contributed by atoms with Crippen molar-refractivity contribution in [3.63, 3.8) is 0 Å². The Hall–Kier alpha value is -3.08. The molecule has 1 heterocycles. The van der Waals surface area contributed by atoms with E-state index in [1.54, 1.807) is 37.6 Å². The first-order chi connectivity index (χ1) is 11.7. The lowest BCUT2D eigenvalue weighted by Gasteiger charge is -2.12. The highest BCUT2D eigenvalue weighted by molar-refractivity contribution is 6.09. The van der Waals surface area contributed by atoms with Crippen molar-refractivity contribution in [3.8, 4) is 11.5 Å². The van der Waals surface area contributed by atoms with Crippen LogP contribution in [0.2, 0.25) is 0 Å². The lowest BCUT2D eigenvalue weighted by Crippen LogP contribution is -2.12. The lowest BCUT2D eigenvalue weighted by molar-refractivity contribution is 0.102. The number of nitrogens with one attached hydrogen (secondary N) is 1. The van der Waals surface area contributed by atoms with Gasteiger partial charge >= 0.3 is 0 Å². The monoisotopic (exact) mass is 322 g/mol. The molecule has 0 saturated carbocycles. The quantitative estimate of drug-likeness (QED) is 0.774. The van der Waals surface area contributed by atoms with E-state index in [1.807, 2.05) is 31.2 Å². The molecule has 0 saturated heterocycles. The second-order valence-corrected chi connectivity index (χ2v) is 5.13. The first-order valence-electron chi connectivity index (χ1n) is 7.69. The Morgan fingerprint density at radius 3 is 2.62 bits per heavy atom. The average molecular weight is 322 g/mol. The summed E-state index contributed by atoms with van der Waals surface area (Å²) in [6.07, 6.45) is 1.71. The molecular weight excluding hydrogens is 304 g/mol. The smallest absolute Gasteiger partial charge is 0.255 e. The number of pyridine rings is 1. The van der Waals surface area contributed by atoms with E-state index < -0.39 is 0 Å². The maximum Gasteiger partial charge on any atom is 0.255 e. The molecule has 0 aliphatic carbocycles. The van der Waals surface area contributed by atoms with Gasteiger partial charge < -0.3 is 14.8 Å². The largest absolute Gasteiger partial charge is 0.497 e. The van der Waals surface area contributed by atoms with Crippen LogP contribution in [0, 0.1) is 0 Å². The number of hydrogen-bond acceptors (Lipinski definition) is 4. The molecule has 2 aromatic carbocycles. The predicted molar refractivity (Wildman–Crippen MR) is 93.9 cm³/mol. The highest BCUT2D eigenvalue weighted by Crippen LogP contribution is 2.30. The first kappa shape index (κ1) is 15.8. The van der Waals surface area contributed by atoms with Gasteiger partial charge in [-0.15, -0.1) is 0 Å². The third-order valence-electron chi connectivity index (χ3n) is 3.63. The summed E-state index contributed by atoms with van der Waals surface area (Å²) in [5.74, 6) is 1.23. The van der Waals surface area contributed by atoms with Crippen molar-refractivity contribution in [2.75, 3.05) is 19.0 Å². The third-order valence-corrected chi connectivity index (χ3v) is 3.63. The summed E-state index contributed by atoms with van der Waals surface area (Å²) in [5, 5.41) is 3.77. The number of carbonyl (C=O) groups is 1. The van der Waals surface area contributed by atoms with E-state index in [0.29, 0.717) is 29.4 Å². The summed E-state index contributed by atoms with van der Waals surface area (Å²) >= 11 is 0. The molecule has 5 nitrogen and oxygen atoms in total. The fourth-order valence-electron chi connectivity index (χ4n) is 2.46. The number of anilines is 1. The molecule has 24 heavy (non-hydrogen) atoms. The van der Waals surface area contributed by atoms with Gasteiger partial charge in [0, 0.05) is 17.1 Å². The van der Waals surface area contributed by atoms with Crippen LogP contribution in [0.15, 0.2) is 54.7 Å². The molecule has 0 spiro atoms. The fourth-order valence-corrected chi connectivity index (χ4v) is 2.46. The molecule has 0 aliphatic heterocycles. The molecule has 0 atom stereocenters. The van der Waals surface area contributed by atoms with Crippen LogP contribution in [0.5, 0.6) is 11.5 Å². The number of rotatable bonds is 5. The average Bonchev–Trinajstić information content (AvgIpc) is 2.64. The van der Waals surface area contributed by atoms with Crippen LogP contribution in [0.3, 0.4) is 0 Å². The summed E-state index contributed by atoms with van der Waals surface area (Å²) in [7, 11) is 1.59. The standard InChI is InChI=1S/C19H18N2O3/c1-3-24-17-11-10-16(15-5-4-12-20-18(15)17)21-19(22)13-6-8-14(23-2)9-7-13/h4-12H,3H2,1-2H3,(H,21,22). The zero-order chi connectivity index (χ0) is 16.9. The summed E-state index contributed by atoms with van der Waals surface area (Å²) < 4.78 is 10.7. The predicted octanol–water partition coefficient (Wildman–Crippen LogP) is 3.89. The highest BCUT2D eigenvalue weighted by Gasteiger charge is 2.11. The van der Waals surface area contributed by atoms with Crippen molar-refractivity contribution in [1.82, 2.24) is 4.98 Å². The molecule has 0 bridgehead atoms. The van der Waals surface area contributed by atoms with E-state index in [4.69, 9.17) is 9.47 Å². The van der Waals surface area contributed by atoms with Gasteiger partial charge in [0.1, 0.15) is 17.0 Å². The number of hydrogen-bond donors (Lipinski definition) is 1. The van der Waals surface area contributed by atoms with Gasteiger partial charge in [-0.3, -0.25) is 9.78 Å². The number of ether oxygens (including phenoxy) is 2. The zero-order valence-electron chi connectivity index (χ0n) is 13.6. The van der Waals surface area contributed by atoms with Crippen molar-refractivity contribution in [3.05, 3.63) is 60.3 Å². The number of fused-ring (bicyclic) bond motifs is 1. The topological polar surface area (TPSA) is 60.5 Å². The van der Waals surface area contributed by atoms with Crippen LogP contribution in [-0.2, 0) is 0 Å². The van der Waals surface area contributed by atoms with E-state index in [1.165, 1.54) is 0 Å². The molecule has 0 unspecified atom stereocenters. The van der Waals surface area contributed by atoms with Crippen molar-refractivity contribution in [2.24, 2.45) is 0 Å². The van der Waals surface area contributed by atoms with Crippen LogP contribution >= 0.6 is 0 Å². The number of carbonyl (C=O) groups excluding carboxylic acids is 1. The Labute approximate surface area is 140 Å². The van der Waals surface area contributed by atoms with Gasteiger partial charge in [-0.25, -0.2) is 0 Å². The Kier molecular flexibility index (Phi) is 4.61. The third kappa shape index (κ3) is 3.15. The zero-order valence-corrected chi connectivity index (χ0v) is 13.6. The van der Waals surface area contributed by atoms with E-state index in [-0.39, 0.29) is 5.91 Å². The van der Waals surface area contributed by atoms with E-state index in [9.17, 15) is 4.79 Å². The molecule has 0 aliphatic rings. The van der Waals surface area contributed by atoms with Crippen molar-refractivity contribution < 1.29 is 14.3 Å². The van der Waals surface area contributed by atoms with Gasteiger partial charge in [0.2, 0.25) is 0 Å². The molecule has 1 N–H and O–H groups in total. The Bertz CT molecular complexity index is 860. The van der Waals surface area contributed by atoms with Gasteiger partial charge in [0.25, 0.3) is 5.91 Å². The number of amides is 1. The summed E-state index contributed by atoms with van der Waals surface area (Å²) in [6, 6.07) is 14.4. The second kappa shape index (κ2) is 7.00. The number of nitrogens with zero attached hydrogens (tertiary/aromatic N) is 1. The minimum absolute atomic E-state index is 0.188. The van der Waals surface area contributed by atoms with Gasteiger partial charge in [-0.05, 0) is 55.5 Å².